The smallest absolute Gasteiger partial charge is 0.0705 e. The molecule has 0 unspecified atom stereocenters. The normalized spacial score (nSPS) is 10.7. The van der Waals surface area contributed by atoms with Gasteiger partial charge in [-0.2, -0.15) is 0 Å². The second kappa shape index (κ2) is 3.97. The van der Waals surface area contributed by atoms with Gasteiger partial charge in [-0.05, 0) is 37.1 Å². The van der Waals surface area contributed by atoms with Crippen molar-refractivity contribution in [2.75, 3.05) is 5.88 Å². The van der Waals surface area contributed by atoms with Gasteiger partial charge in [-0.25, -0.2) is 0 Å². The number of pyridine rings is 1. The topological polar surface area (TPSA) is 12.9 Å². The maximum atomic E-state index is 5.70. The Morgan fingerprint density at radius 1 is 1.21 bits per heavy atom. The molecule has 0 N–H and O–H groups in total. The zero-order valence-electron chi connectivity index (χ0n) is 8.13. The van der Waals surface area contributed by atoms with E-state index in [9.17, 15) is 0 Å². The van der Waals surface area contributed by atoms with Crippen LogP contribution in [0, 0.1) is 6.92 Å². The molecule has 0 fully saturated rings. The van der Waals surface area contributed by atoms with Gasteiger partial charge < -0.3 is 0 Å². The van der Waals surface area contributed by atoms with Gasteiger partial charge in [0.05, 0.1) is 5.52 Å². The summed E-state index contributed by atoms with van der Waals surface area (Å²) in [5.41, 5.74) is 3.39. The van der Waals surface area contributed by atoms with Crippen molar-refractivity contribution in [3.8, 4) is 0 Å². The molecular formula is C12H12ClN. The summed E-state index contributed by atoms with van der Waals surface area (Å²) in [7, 11) is 0. The van der Waals surface area contributed by atoms with Crippen molar-refractivity contribution in [1.29, 1.82) is 0 Å². The number of fused-ring (bicyclic) bond motifs is 1. The SMILES string of the molecule is Cc1ccc2cc(CCCl)ccc2n1. The summed E-state index contributed by atoms with van der Waals surface area (Å²) in [6, 6.07) is 10.5. The fourth-order valence-corrected chi connectivity index (χ4v) is 1.76. The lowest BCUT2D eigenvalue weighted by Gasteiger charge is -2.01. The second-order valence-corrected chi connectivity index (χ2v) is 3.80. The molecule has 0 radical (unpaired) electrons. The highest BCUT2D eigenvalue weighted by molar-refractivity contribution is 6.18. The molecule has 0 saturated carbocycles. The molecule has 0 aliphatic carbocycles. The van der Waals surface area contributed by atoms with E-state index in [4.69, 9.17) is 11.6 Å². The third kappa shape index (κ3) is 1.88. The van der Waals surface area contributed by atoms with Gasteiger partial charge in [0.1, 0.15) is 0 Å². The minimum Gasteiger partial charge on any atom is -0.253 e. The molecular weight excluding hydrogens is 194 g/mol. The van der Waals surface area contributed by atoms with E-state index in [1.165, 1.54) is 10.9 Å². The molecule has 1 aromatic carbocycles. The van der Waals surface area contributed by atoms with Crippen LogP contribution in [0.1, 0.15) is 11.3 Å². The summed E-state index contributed by atoms with van der Waals surface area (Å²) < 4.78 is 0. The van der Waals surface area contributed by atoms with Crippen LogP contribution in [0.2, 0.25) is 0 Å². The maximum absolute atomic E-state index is 5.70. The number of rotatable bonds is 2. The summed E-state index contributed by atoms with van der Waals surface area (Å²) in [4.78, 5) is 4.44. The quantitative estimate of drug-likeness (QED) is 0.686. The molecule has 2 rings (SSSR count). The third-order valence-corrected chi connectivity index (χ3v) is 2.46. The first-order valence-corrected chi connectivity index (χ1v) is 5.25. The first-order valence-electron chi connectivity index (χ1n) is 4.72. The predicted octanol–water partition coefficient (Wildman–Crippen LogP) is 3.32. The number of hydrogen-bond acceptors (Lipinski definition) is 1. The van der Waals surface area contributed by atoms with Crippen LogP contribution in [0.5, 0.6) is 0 Å². The molecule has 1 aromatic heterocycles. The Balaban J connectivity index is 2.50. The Morgan fingerprint density at radius 2 is 2.07 bits per heavy atom. The van der Waals surface area contributed by atoms with Crippen LogP contribution in [0.4, 0.5) is 0 Å². The third-order valence-electron chi connectivity index (χ3n) is 2.28. The fraction of sp³-hybridized carbons (Fsp3) is 0.250. The molecule has 72 valence electrons. The second-order valence-electron chi connectivity index (χ2n) is 3.42. The molecule has 0 amide bonds. The summed E-state index contributed by atoms with van der Waals surface area (Å²) in [6.07, 6.45) is 0.922. The maximum Gasteiger partial charge on any atom is 0.0705 e. The van der Waals surface area contributed by atoms with Crippen molar-refractivity contribution in [1.82, 2.24) is 4.98 Å². The highest BCUT2D eigenvalue weighted by atomic mass is 35.5. The zero-order chi connectivity index (χ0) is 9.97. The van der Waals surface area contributed by atoms with Crippen molar-refractivity contribution in [3.63, 3.8) is 0 Å². The number of aromatic nitrogens is 1. The number of alkyl halides is 1. The average molecular weight is 206 g/mol. The summed E-state index contributed by atoms with van der Waals surface area (Å²) in [5, 5.41) is 1.19. The lowest BCUT2D eigenvalue weighted by Crippen LogP contribution is -1.88. The van der Waals surface area contributed by atoms with Crippen LogP contribution in [-0.4, -0.2) is 10.9 Å². The summed E-state index contributed by atoms with van der Waals surface area (Å²) >= 11 is 5.70. The van der Waals surface area contributed by atoms with Crippen LogP contribution in [0.15, 0.2) is 30.3 Å². The van der Waals surface area contributed by atoms with Crippen molar-refractivity contribution >= 4 is 22.5 Å². The minimum atomic E-state index is 0.671. The zero-order valence-corrected chi connectivity index (χ0v) is 8.88. The Kier molecular flexibility index (Phi) is 2.69. The number of nitrogens with zero attached hydrogens (tertiary/aromatic N) is 1. The van der Waals surface area contributed by atoms with E-state index in [0.717, 1.165) is 17.6 Å². The van der Waals surface area contributed by atoms with E-state index in [1.807, 2.05) is 13.0 Å². The van der Waals surface area contributed by atoms with E-state index in [1.54, 1.807) is 0 Å². The molecule has 0 spiro atoms. The van der Waals surface area contributed by atoms with Crippen LogP contribution < -0.4 is 0 Å². The highest BCUT2D eigenvalue weighted by Gasteiger charge is 1.97. The first kappa shape index (κ1) is 9.47. The van der Waals surface area contributed by atoms with Crippen LogP contribution >= 0.6 is 11.6 Å². The lowest BCUT2D eigenvalue weighted by molar-refractivity contribution is 1.15. The lowest BCUT2D eigenvalue weighted by atomic mass is 10.1. The molecule has 1 nitrogen and oxygen atoms in total. The van der Waals surface area contributed by atoms with Crippen molar-refractivity contribution in [2.24, 2.45) is 0 Å². The average Bonchev–Trinajstić information content (AvgIpc) is 2.19. The molecule has 0 aliphatic heterocycles. The van der Waals surface area contributed by atoms with Crippen molar-refractivity contribution in [2.45, 2.75) is 13.3 Å². The monoisotopic (exact) mass is 205 g/mol. The number of hydrogen-bond donors (Lipinski definition) is 0. The Hall–Kier alpha value is -1.08. The summed E-state index contributed by atoms with van der Waals surface area (Å²) in [6.45, 7) is 2.01. The largest absolute Gasteiger partial charge is 0.253 e. The molecule has 2 heteroatoms. The van der Waals surface area contributed by atoms with Crippen LogP contribution in [0.3, 0.4) is 0 Å². The first-order chi connectivity index (χ1) is 6.79. The van der Waals surface area contributed by atoms with Crippen molar-refractivity contribution < 1.29 is 0 Å². The van der Waals surface area contributed by atoms with Gasteiger partial charge in [0.25, 0.3) is 0 Å². The van der Waals surface area contributed by atoms with Gasteiger partial charge in [-0.15, -0.1) is 11.6 Å². The van der Waals surface area contributed by atoms with E-state index >= 15 is 0 Å². The fourth-order valence-electron chi connectivity index (χ4n) is 1.54. The predicted molar refractivity (Wildman–Crippen MR) is 60.9 cm³/mol. The van der Waals surface area contributed by atoms with Gasteiger partial charge in [0.15, 0.2) is 0 Å². The van der Waals surface area contributed by atoms with Gasteiger partial charge in [-0.1, -0.05) is 12.1 Å². The van der Waals surface area contributed by atoms with E-state index in [-0.39, 0.29) is 0 Å². The molecule has 1 heterocycles. The van der Waals surface area contributed by atoms with E-state index < -0.39 is 0 Å². The standard InChI is InChI=1S/C12H12ClN/c1-9-2-4-11-8-10(6-7-13)3-5-12(11)14-9/h2-5,8H,6-7H2,1H3. The van der Waals surface area contributed by atoms with E-state index in [0.29, 0.717) is 5.88 Å². The Bertz CT molecular complexity index is 451. The van der Waals surface area contributed by atoms with Gasteiger partial charge in [0.2, 0.25) is 0 Å². The molecule has 2 aromatic rings. The number of benzene rings is 1. The Labute approximate surface area is 88.7 Å². The molecule has 0 bridgehead atoms. The van der Waals surface area contributed by atoms with Gasteiger partial charge >= 0.3 is 0 Å². The van der Waals surface area contributed by atoms with Crippen molar-refractivity contribution in [3.05, 3.63) is 41.6 Å². The number of aryl methyl sites for hydroxylation is 2. The van der Waals surface area contributed by atoms with E-state index in [2.05, 4.69) is 29.2 Å². The van der Waals surface area contributed by atoms with Crippen LogP contribution in [0.25, 0.3) is 10.9 Å². The van der Waals surface area contributed by atoms with Crippen LogP contribution in [-0.2, 0) is 6.42 Å². The summed E-state index contributed by atoms with van der Waals surface area (Å²) in [5.74, 6) is 0.671. The molecule has 0 aliphatic rings. The molecule has 0 atom stereocenters. The Morgan fingerprint density at radius 3 is 2.86 bits per heavy atom. The minimum absolute atomic E-state index is 0.671. The van der Waals surface area contributed by atoms with Gasteiger partial charge in [-0.3, -0.25) is 4.98 Å². The highest BCUT2D eigenvalue weighted by Crippen LogP contribution is 2.15. The molecule has 14 heavy (non-hydrogen) atoms. The molecule has 0 saturated heterocycles. The number of halogens is 1. The van der Waals surface area contributed by atoms with Gasteiger partial charge in [0, 0.05) is 17.0 Å².